The lowest BCUT2D eigenvalue weighted by molar-refractivity contribution is 0.340. The molecule has 0 bridgehead atoms. The van der Waals surface area contributed by atoms with Gasteiger partial charge >= 0.3 is 0 Å². The fourth-order valence-corrected chi connectivity index (χ4v) is 1.75. The Kier molecular flexibility index (Phi) is 3.82. The zero-order chi connectivity index (χ0) is 13.0. The quantitative estimate of drug-likeness (QED) is 0.812. The van der Waals surface area contributed by atoms with Crippen molar-refractivity contribution < 1.29 is 9.26 Å². The molecule has 0 spiro atoms. The van der Waals surface area contributed by atoms with Crippen LogP contribution in [-0.4, -0.2) is 23.8 Å². The average Bonchev–Trinajstić information content (AvgIpc) is 2.76. The minimum atomic E-state index is 0.580. The first-order valence-corrected chi connectivity index (χ1v) is 5.93. The summed E-state index contributed by atoms with van der Waals surface area (Å²) in [7, 11) is 1.98. The first-order valence-electron chi connectivity index (χ1n) is 5.93. The lowest BCUT2D eigenvalue weighted by Crippen LogP contribution is -2.18. The topological polar surface area (TPSA) is 51.4 Å². The maximum atomic E-state index is 5.60. The highest BCUT2D eigenvalue weighted by Crippen LogP contribution is 2.27. The molecule has 0 aliphatic rings. The van der Waals surface area contributed by atoms with Crippen LogP contribution in [0.15, 0.2) is 28.8 Å². The van der Waals surface area contributed by atoms with Gasteiger partial charge in [-0.2, -0.15) is 4.98 Å². The number of anilines is 1. The second-order valence-corrected chi connectivity index (χ2v) is 3.99. The summed E-state index contributed by atoms with van der Waals surface area (Å²) in [6.07, 6.45) is 0. The van der Waals surface area contributed by atoms with Gasteiger partial charge in [-0.15, -0.1) is 0 Å². The third kappa shape index (κ3) is 2.80. The van der Waals surface area contributed by atoms with Crippen molar-refractivity contribution in [3.05, 3.63) is 36.0 Å². The number of hydrogen-bond donors (Lipinski definition) is 0. The van der Waals surface area contributed by atoms with Gasteiger partial charge in [0.2, 0.25) is 5.89 Å². The normalized spacial score (nSPS) is 10.4. The van der Waals surface area contributed by atoms with Crippen molar-refractivity contribution in [1.82, 2.24) is 10.1 Å². The number of aryl methyl sites for hydroxylation is 1. The van der Waals surface area contributed by atoms with E-state index in [1.165, 1.54) is 0 Å². The van der Waals surface area contributed by atoms with E-state index in [2.05, 4.69) is 10.1 Å². The molecule has 0 aliphatic heterocycles. The van der Waals surface area contributed by atoms with Crippen LogP contribution in [0.3, 0.4) is 0 Å². The molecule has 5 heteroatoms. The third-order valence-electron chi connectivity index (χ3n) is 2.52. The van der Waals surface area contributed by atoms with E-state index < -0.39 is 0 Å². The van der Waals surface area contributed by atoms with E-state index in [9.17, 15) is 0 Å². The summed E-state index contributed by atoms with van der Waals surface area (Å²) in [5.41, 5.74) is 1.02. The summed E-state index contributed by atoms with van der Waals surface area (Å²) < 4.78 is 10.6. The Morgan fingerprint density at radius 3 is 2.78 bits per heavy atom. The molecule has 0 unspecified atom stereocenters. The van der Waals surface area contributed by atoms with Crippen molar-refractivity contribution in [3.8, 4) is 5.75 Å². The first-order chi connectivity index (χ1) is 8.70. The van der Waals surface area contributed by atoms with Crippen LogP contribution < -0.4 is 9.64 Å². The summed E-state index contributed by atoms with van der Waals surface area (Å²) in [6, 6.07) is 7.91. The van der Waals surface area contributed by atoms with Gasteiger partial charge < -0.3 is 14.2 Å². The maximum absolute atomic E-state index is 5.60. The van der Waals surface area contributed by atoms with Crippen molar-refractivity contribution >= 4 is 5.69 Å². The highest BCUT2D eigenvalue weighted by Gasteiger charge is 2.11. The molecule has 0 N–H and O–H groups in total. The summed E-state index contributed by atoms with van der Waals surface area (Å²) in [6.45, 7) is 4.98. The first kappa shape index (κ1) is 12.4. The highest BCUT2D eigenvalue weighted by atomic mass is 16.5. The largest absolute Gasteiger partial charge is 0.492 e. The number of hydrogen-bond acceptors (Lipinski definition) is 5. The summed E-state index contributed by atoms with van der Waals surface area (Å²) in [4.78, 5) is 6.23. The number of nitrogens with zero attached hydrogens (tertiary/aromatic N) is 3. The molecule has 2 aromatic rings. The Morgan fingerprint density at radius 2 is 2.11 bits per heavy atom. The lowest BCUT2D eigenvalue weighted by atomic mass is 10.2. The molecule has 96 valence electrons. The molecule has 0 atom stereocenters. The van der Waals surface area contributed by atoms with Gasteiger partial charge in [-0.3, -0.25) is 0 Å². The molecule has 0 radical (unpaired) electrons. The van der Waals surface area contributed by atoms with E-state index in [-0.39, 0.29) is 0 Å². The van der Waals surface area contributed by atoms with Gasteiger partial charge in [0, 0.05) is 14.0 Å². The highest BCUT2D eigenvalue weighted by molar-refractivity contribution is 5.57. The Balaban J connectivity index is 2.15. The van der Waals surface area contributed by atoms with Gasteiger partial charge in [-0.25, -0.2) is 0 Å². The minimum absolute atomic E-state index is 0.580. The molecule has 0 aliphatic carbocycles. The van der Waals surface area contributed by atoms with Crippen LogP contribution in [0.4, 0.5) is 5.69 Å². The van der Waals surface area contributed by atoms with Gasteiger partial charge in [0.05, 0.1) is 18.8 Å². The molecule has 0 saturated heterocycles. The number of benzene rings is 1. The van der Waals surface area contributed by atoms with Crippen molar-refractivity contribution in [3.63, 3.8) is 0 Å². The van der Waals surface area contributed by atoms with E-state index in [1.807, 2.05) is 43.1 Å². The Labute approximate surface area is 106 Å². The molecule has 0 amide bonds. The number of rotatable bonds is 5. The third-order valence-corrected chi connectivity index (χ3v) is 2.52. The van der Waals surface area contributed by atoms with Crippen LogP contribution in [0.5, 0.6) is 5.75 Å². The average molecular weight is 247 g/mol. The van der Waals surface area contributed by atoms with Gasteiger partial charge in [-0.1, -0.05) is 17.3 Å². The van der Waals surface area contributed by atoms with Crippen LogP contribution >= 0.6 is 0 Å². The molecular weight excluding hydrogens is 230 g/mol. The second-order valence-electron chi connectivity index (χ2n) is 3.99. The summed E-state index contributed by atoms with van der Waals surface area (Å²) in [5, 5.41) is 3.89. The summed E-state index contributed by atoms with van der Waals surface area (Å²) >= 11 is 0. The predicted molar refractivity (Wildman–Crippen MR) is 68.8 cm³/mol. The van der Waals surface area contributed by atoms with Crippen LogP contribution in [0.2, 0.25) is 0 Å². The monoisotopic (exact) mass is 247 g/mol. The number of para-hydroxylation sites is 2. The SMILES string of the molecule is CCOc1ccccc1N(C)Cc1noc(C)n1. The van der Waals surface area contributed by atoms with E-state index in [0.717, 1.165) is 11.4 Å². The molecule has 2 rings (SSSR count). The minimum Gasteiger partial charge on any atom is -0.492 e. The van der Waals surface area contributed by atoms with E-state index in [0.29, 0.717) is 24.9 Å². The van der Waals surface area contributed by atoms with Gasteiger partial charge in [0.15, 0.2) is 5.82 Å². The zero-order valence-corrected chi connectivity index (χ0v) is 10.9. The molecule has 1 aromatic heterocycles. The van der Waals surface area contributed by atoms with Crippen molar-refractivity contribution in [2.45, 2.75) is 20.4 Å². The predicted octanol–water partition coefficient (Wildman–Crippen LogP) is 2.41. The molecule has 0 saturated carbocycles. The zero-order valence-electron chi connectivity index (χ0n) is 10.9. The smallest absolute Gasteiger partial charge is 0.223 e. The molecule has 5 nitrogen and oxygen atoms in total. The molecule has 18 heavy (non-hydrogen) atoms. The standard InChI is InChI=1S/C13H17N3O2/c1-4-17-12-8-6-5-7-11(12)16(3)9-13-14-10(2)18-15-13/h5-8H,4,9H2,1-3H3. The van der Waals surface area contributed by atoms with Crippen molar-refractivity contribution in [2.75, 3.05) is 18.6 Å². The Morgan fingerprint density at radius 1 is 1.33 bits per heavy atom. The van der Waals surface area contributed by atoms with E-state index in [4.69, 9.17) is 9.26 Å². The van der Waals surface area contributed by atoms with Crippen LogP contribution in [-0.2, 0) is 6.54 Å². The van der Waals surface area contributed by atoms with Crippen LogP contribution in [0.1, 0.15) is 18.6 Å². The fourth-order valence-electron chi connectivity index (χ4n) is 1.75. The lowest BCUT2D eigenvalue weighted by Gasteiger charge is -2.20. The second kappa shape index (κ2) is 5.53. The van der Waals surface area contributed by atoms with Crippen molar-refractivity contribution in [1.29, 1.82) is 0 Å². The van der Waals surface area contributed by atoms with Crippen molar-refractivity contribution in [2.24, 2.45) is 0 Å². The Hall–Kier alpha value is -2.04. The van der Waals surface area contributed by atoms with Crippen LogP contribution in [0, 0.1) is 6.92 Å². The van der Waals surface area contributed by atoms with Crippen LogP contribution in [0.25, 0.3) is 0 Å². The summed E-state index contributed by atoms with van der Waals surface area (Å²) in [5.74, 6) is 2.11. The number of aromatic nitrogens is 2. The molecular formula is C13H17N3O2. The molecule has 1 aromatic carbocycles. The van der Waals surface area contributed by atoms with E-state index in [1.54, 1.807) is 6.92 Å². The van der Waals surface area contributed by atoms with Gasteiger partial charge in [-0.05, 0) is 19.1 Å². The Bertz CT molecular complexity index is 510. The van der Waals surface area contributed by atoms with Gasteiger partial charge in [0.1, 0.15) is 5.75 Å². The fraction of sp³-hybridized carbons (Fsp3) is 0.385. The molecule has 1 heterocycles. The molecule has 0 fully saturated rings. The van der Waals surface area contributed by atoms with E-state index >= 15 is 0 Å². The number of ether oxygens (including phenoxy) is 1. The maximum Gasteiger partial charge on any atom is 0.223 e. The van der Waals surface area contributed by atoms with Gasteiger partial charge in [0.25, 0.3) is 0 Å².